The van der Waals surface area contributed by atoms with Crippen molar-refractivity contribution in [2.45, 2.75) is 13.8 Å². The largest absolute Gasteiger partial charge is 0.302 e. The van der Waals surface area contributed by atoms with Crippen LogP contribution < -0.4 is 4.90 Å². The van der Waals surface area contributed by atoms with Crippen LogP contribution in [0, 0.1) is 0 Å². The molecule has 29 heavy (non-hydrogen) atoms. The molecule has 156 valence electrons. The molecule has 0 atom stereocenters. The zero-order chi connectivity index (χ0) is 20.3. The number of aromatic nitrogens is 1. The van der Waals surface area contributed by atoms with Crippen LogP contribution in [0.4, 0.5) is 5.13 Å². The van der Waals surface area contributed by atoms with Gasteiger partial charge in [0.05, 0.1) is 20.8 Å². The second-order valence-corrected chi connectivity index (χ2v) is 8.51. The third-order valence-corrected chi connectivity index (χ3v) is 6.34. The van der Waals surface area contributed by atoms with E-state index in [0.29, 0.717) is 32.3 Å². The number of hydrogen-bond donors (Lipinski definition) is 0. The van der Waals surface area contributed by atoms with Gasteiger partial charge in [-0.15, -0.1) is 12.4 Å². The lowest BCUT2D eigenvalue weighted by Crippen LogP contribution is -2.39. The van der Waals surface area contributed by atoms with E-state index >= 15 is 0 Å². The maximum Gasteiger partial charge on any atom is 0.261 e. The molecule has 1 amide bonds. The van der Waals surface area contributed by atoms with Crippen LogP contribution in [0.1, 0.15) is 24.2 Å². The van der Waals surface area contributed by atoms with Crippen molar-refractivity contribution in [3.8, 4) is 0 Å². The molecule has 0 unspecified atom stereocenters. The number of halogens is 4. The zero-order valence-corrected chi connectivity index (χ0v) is 19.9. The van der Waals surface area contributed by atoms with Gasteiger partial charge in [-0.3, -0.25) is 9.69 Å². The summed E-state index contributed by atoms with van der Waals surface area (Å²) in [4.78, 5) is 21.9. The summed E-state index contributed by atoms with van der Waals surface area (Å²) in [5.74, 6) is -0.195. The fraction of sp³-hybridized carbons (Fsp3) is 0.300. The van der Waals surface area contributed by atoms with Crippen LogP contribution in [0.25, 0.3) is 10.2 Å². The number of likely N-dealkylation sites (N-methyl/N-ethyl adjacent to an activating group) is 1. The van der Waals surface area contributed by atoms with Gasteiger partial charge in [0.2, 0.25) is 0 Å². The summed E-state index contributed by atoms with van der Waals surface area (Å²) in [6.07, 6.45) is 0. The lowest BCUT2D eigenvalue weighted by atomic mass is 10.2. The standard InChI is InChI=1S/C20H20Cl3N3OS.ClH/c1-3-25(4-2)9-10-26(19(27)15-7-5-13(21)11-16(15)23)20-24-17-8-6-14(22)12-18(17)28-20;/h5-8,11-12H,3-4,9-10H2,1-2H3;1H. The number of fused-ring (bicyclic) bond motifs is 1. The molecule has 1 heterocycles. The molecule has 3 aromatic rings. The molecule has 0 radical (unpaired) electrons. The highest BCUT2D eigenvalue weighted by Crippen LogP contribution is 2.32. The minimum absolute atomic E-state index is 0. The van der Waals surface area contributed by atoms with Crippen molar-refractivity contribution in [1.29, 1.82) is 0 Å². The van der Waals surface area contributed by atoms with Gasteiger partial charge in [0.25, 0.3) is 5.91 Å². The highest BCUT2D eigenvalue weighted by molar-refractivity contribution is 7.22. The van der Waals surface area contributed by atoms with E-state index in [4.69, 9.17) is 34.8 Å². The number of benzene rings is 2. The van der Waals surface area contributed by atoms with Crippen LogP contribution in [0.15, 0.2) is 36.4 Å². The van der Waals surface area contributed by atoms with Crippen LogP contribution in [0.3, 0.4) is 0 Å². The summed E-state index contributed by atoms with van der Waals surface area (Å²) >= 11 is 19.8. The van der Waals surface area contributed by atoms with Crippen molar-refractivity contribution in [3.05, 3.63) is 57.0 Å². The van der Waals surface area contributed by atoms with Crippen LogP contribution in [-0.4, -0.2) is 42.0 Å². The fourth-order valence-electron chi connectivity index (χ4n) is 2.88. The van der Waals surface area contributed by atoms with Crippen LogP contribution >= 0.6 is 58.5 Å². The molecule has 9 heteroatoms. The minimum Gasteiger partial charge on any atom is -0.302 e. The van der Waals surface area contributed by atoms with Crippen molar-refractivity contribution in [3.63, 3.8) is 0 Å². The first kappa shape index (κ1) is 24.2. The van der Waals surface area contributed by atoms with E-state index in [1.807, 2.05) is 12.1 Å². The Kier molecular flexibility index (Phi) is 9.01. The van der Waals surface area contributed by atoms with E-state index in [0.717, 1.165) is 29.9 Å². The van der Waals surface area contributed by atoms with E-state index in [-0.39, 0.29) is 18.3 Å². The highest BCUT2D eigenvalue weighted by Gasteiger charge is 2.24. The van der Waals surface area contributed by atoms with E-state index in [1.165, 1.54) is 11.3 Å². The Morgan fingerprint density at radius 1 is 1.00 bits per heavy atom. The molecule has 0 aliphatic rings. The van der Waals surface area contributed by atoms with Gasteiger partial charge in [-0.2, -0.15) is 0 Å². The maximum absolute atomic E-state index is 13.3. The first-order valence-corrected chi connectivity index (χ1v) is 10.9. The monoisotopic (exact) mass is 491 g/mol. The summed E-state index contributed by atoms with van der Waals surface area (Å²) in [5.41, 5.74) is 1.22. The smallest absolute Gasteiger partial charge is 0.261 e. The lowest BCUT2D eigenvalue weighted by molar-refractivity contribution is 0.0984. The summed E-state index contributed by atoms with van der Waals surface area (Å²) < 4.78 is 0.936. The number of rotatable bonds is 7. The summed E-state index contributed by atoms with van der Waals surface area (Å²) in [5, 5.41) is 2.09. The highest BCUT2D eigenvalue weighted by atomic mass is 35.5. The molecule has 4 nitrogen and oxygen atoms in total. The Bertz CT molecular complexity index is 991. The lowest BCUT2D eigenvalue weighted by Gasteiger charge is -2.25. The fourth-order valence-corrected chi connectivity index (χ4v) is 4.63. The minimum atomic E-state index is -0.195. The van der Waals surface area contributed by atoms with Crippen molar-refractivity contribution >= 4 is 79.8 Å². The Morgan fingerprint density at radius 2 is 1.66 bits per heavy atom. The van der Waals surface area contributed by atoms with Crippen LogP contribution in [-0.2, 0) is 0 Å². The average Bonchev–Trinajstić information content (AvgIpc) is 3.07. The molecule has 0 aliphatic heterocycles. The van der Waals surface area contributed by atoms with Crippen molar-refractivity contribution in [2.24, 2.45) is 0 Å². The van der Waals surface area contributed by atoms with Gasteiger partial charge < -0.3 is 4.90 Å². The Labute approximate surface area is 195 Å². The summed E-state index contributed by atoms with van der Waals surface area (Å²) in [7, 11) is 0. The van der Waals surface area contributed by atoms with Gasteiger partial charge in [0.1, 0.15) is 0 Å². The molecular formula is C20H21Cl4N3OS. The average molecular weight is 493 g/mol. The third-order valence-electron chi connectivity index (χ3n) is 4.51. The van der Waals surface area contributed by atoms with Gasteiger partial charge in [-0.05, 0) is 49.5 Å². The van der Waals surface area contributed by atoms with Gasteiger partial charge in [0, 0.05) is 23.1 Å². The van der Waals surface area contributed by atoms with Crippen LogP contribution in [0.5, 0.6) is 0 Å². The number of carbonyl (C=O) groups is 1. The van der Waals surface area contributed by atoms with Crippen molar-refractivity contribution in [1.82, 2.24) is 9.88 Å². The Balaban J connectivity index is 0.00000300. The van der Waals surface area contributed by atoms with Gasteiger partial charge in [-0.25, -0.2) is 4.98 Å². The predicted octanol–water partition coefficient (Wildman–Crippen LogP) is 6.67. The second-order valence-electron chi connectivity index (χ2n) is 6.22. The Hall–Kier alpha value is -1.08. The van der Waals surface area contributed by atoms with Gasteiger partial charge in [-0.1, -0.05) is 60.0 Å². The molecule has 2 aromatic carbocycles. The van der Waals surface area contributed by atoms with Crippen molar-refractivity contribution in [2.75, 3.05) is 31.1 Å². The van der Waals surface area contributed by atoms with Crippen LogP contribution in [0.2, 0.25) is 15.1 Å². The molecule has 0 saturated heterocycles. The number of thiazole rings is 1. The number of hydrogen-bond acceptors (Lipinski definition) is 4. The topological polar surface area (TPSA) is 36.4 Å². The number of carbonyl (C=O) groups excluding carboxylic acids is 1. The number of anilines is 1. The van der Waals surface area contributed by atoms with Gasteiger partial charge in [0.15, 0.2) is 5.13 Å². The second kappa shape index (κ2) is 10.8. The first-order chi connectivity index (χ1) is 13.4. The predicted molar refractivity (Wildman–Crippen MR) is 128 cm³/mol. The maximum atomic E-state index is 13.3. The summed E-state index contributed by atoms with van der Waals surface area (Å²) in [6, 6.07) is 10.4. The molecule has 0 bridgehead atoms. The zero-order valence-electron chi connectivity index (χ0n) is 16.0. The summed E-state index contributed by atoms with van der Waals surface area (Å²) in [6.45, 7) is 7.27. The molecule has 3 rings (SSSR count). The molecule has 0 aliphatic carbocycles. The third kappa shape index (κ3) is 5.75. The molecule has 1 aromatic heterocycles. The SMILES string of the molecule is CCN(CC)CCN(C(=O)c1ccc(Cl)cc1Cl)c1nc2ccc(Cl)cc2s1.Cl. The molecule has 0 N–H and O–H groups in total. The quantitative estimate of drug-likeness (QED) is 0.369. The van der Waals surface area contributed by atoms with E-state index in [2.05, 4.69) is 23.7 Å². The van der Waals surface area contributed by atoms with E-state index in [9.17, 15) is 4.79 Å². The van der Waals surface area contributed by atoms with E-state index in [1.54, 1.807) is 29.2 Å². The van der Waals surface area contributed by atoms with Gasteiger partial charge >= 0.3 is 0 Å². The van der Waals surface area contributed by atoms with E-state index < -0.39 is 0 Å². The Morgan fingerprint density at radius 3 is 2.31 bits per heavy atom. The number of nitrogens with zero attached hydrogens (tertiary/aromatic N) is 3. The first-order valence-electron chi connectivity index (χ1n) is 8.98. The molecule has 0 spiro atoms. The molecule has 0 saturated carbocycles. The van der Waals surface area contributed by atoms with Crippen molar-refractivity contribution < 1.29 is 4.79 Å². The normalized spacial score (nSPS) is 11.0. The molecular weight excluding hydrogens is 472 g/mol. The number of amides is 1. The molecule has 0 fully saturated rings.